The highest BCUT2D eigenvalue weighted by atomic mass is 15.0. The molecule has 15 heavy (non-hydrogen) atoms. The van der Waals surface area contributed by atoms with Crippen molar-refractivity contribution < 1.29 is 4.57 Å². The average molecular weight is 200 g/mol. The van der Waals surface area contributed by atoms with E-state index in [9.17, 15) is 0 Å². The van der Waals surface area contributed by atoms with E-state index in [1.807, 2.05) is 0 Å². The predicted octanol–water partition coefficient (Wildman–Crippen LogP) is 3.19. The van der Waals surface area contributed by atoms with E-state index < -0.39 is 0 Å². The molecule has 0 spiro atoms. The van der Waals surface area contributed by atoms with Crippen molar-refractivity contribution in [2.45, 2.75) is 33.2 Å². The summed E-state index contributed by atoms with van der Waals surface area (Å²) in [5.74, 6) is 0. The molecule has 1 heteroatoms. The normalized spacial score (nSPS) is 12.0. The van der Waals surface area contributed by atoms with Crippen molar-refractivity contribution in [1.82, 2.24) is 0 Å². The van der Waals surface area contributed by atoms with Gasteiger partial charge in [-0.2, -0.15) is 4.57 Å². The quantitative estimate of drug-likeness (QED) is 0.575. The maximum absolute atomic E-state index is 2.28. The first-order valence-corrected chi connectivity index (χ1v) is 5.39. The Morgan fingerprint density at radius 1 is 1.00 bits per heavy atom. The Morgan fingerprint density at radius 3 is 2.33 bits per heavy atom. The van der Waals surface area contributed by atoms with Gasteiger partial charge in [-0.3, -0.25) is 0 Å². The molecule has 78 valence electrons. The van der Waals surface area contributed by atoms with Crippen molar-refractivity contribution in [1.29, 1.82) is 0 Å². The Hall–Kier alpha value is -1.37. The van der Waals surface area contributed by atoms with Crippen molar-refractivity contribution in [3.63, 3.8) is 0 Å². The van der Waals surface area contributed by atoms with Gasteiger partial charge < -0.3 is 0 Å². The van der Waals surface area contributed by atoms with Crippen LogP contribution in [-0.2, 0) is 5.54 Å². The Morgan fingerprint density at radius 2 is 1.67 bits per heavy atom. The third-order valence-electron chi connectivity index (χ3n) is 2.77. The first-order chi connectivity index (χ1) is 6.98. The van der Waals surface area contributed by atoms with E-state index in [-0.39, 0.29) is 5.54 Å². The number of hydrogen-bond donors (Lipinski definition) is 0. The summed E-state index contributed by atoms with van der Waals surface area (Å²) >= 11 is 0. The third-order valence-corrected chi connectivity index (χ3v) is 2.77. The standard InChI is InChI=1S/C14H18N/c1-11-9-15(14(2,3)4)10-12-7-5-6-8-13(11)12/h5-10H,1-4H3/q+1. The van der Waals surface area contributed by atoms with E-state index in [2.05, 4.69) is 68.9 Å². The lowest BCUT2D eigenvalue weighted by atomic mass is 10.0. The van der Waals surface area contributed by atoms with Gasteiger partial charge in [-0.15, -0.1) is 0 Å². The molecule has 2 rings (SSSR count). The van der Waals surface area contributed by atoms with Crippen LogP contribution in [0.15, 0.2) is 36.7 Å². The number of pyridine rings is 1. The van der Waals surface area contributed by atoms with Crippen molar-refractivity contribution >= 4 is 10.8 Å². The Bertz CT molecular complexity index is 492. The fraction of sp³-hybridized carbons (Fsp3) is 0.357. The number of nitrogens with zero attached hydrogens (tertiary/aromatic N) is 1. The van der Waals surface area contributed by atoms with Crippen LogP contribution in [0, 0.1) is 6.92 Å². The fourth-order valence-corrected chi connectivity index (χ4v) is 1.82. The van der Waals surface area contributed by atoms with Crippen molar-refractivity contribution in [2.75, 3.05) is 0 Å². The van der Waals surface area contributed by atoms with Gasteiger partial charge in [-0.25, -0.2) is 0 Å². The fourth-order valence-electron chi connectivity index (χ4n) is 1.82. The Labute approximate surface area is 91.4 Å². The van der Waals surface area contributed by atoms with Gasteiger partial charge in [-0.1, -0.05) is 18.2 Å². The highest BCUT2D eigenvalue weighted by Gasteiger charge is 2.21. The maximum atomic E-state index is 2.28. The zero-order chi connectivity index (χ0) is 11.1. The number of rotatable bonds is 0. The molecular formula is C14H18N+. The molecule has 0 saturated heterocycles. The van der Waals surface area contributed by atoms with E-state index in [1.165, 1.54) is 16.3 Å². The highest BCUT2D eigenvalue weighted by molar-refractivity contribution is 5.83. The molecule has 0 aliphatic heterocycles. The van der Waals surface area contributed by atoms with Gasteiger partial charge in [0, 0.05) is 31.7 Å². The van der Waals surface area contributed by atoms with Crippen LogP contribution in [0.25, 0.3) is 10.8 Å². The molecule has 0 radical (unpaired) electrons. The first-order valence-electron chi connectivity index (χ1n) is 5.39. The number of benzene rings is 1. The molecule has 0 fully saturated rings. The molecule has 1 aromatic carbocycles. The molecule has 0 amide bonds. The van der Waals surface area contributed by atoms with Crippen LogP contribution in [0.1, 0.15) is 26.3 Å². The summed E-state index contributed by atoms with van der Waals surface area (Å²) in [5.41, 5.74) is 1.48. The van der Waals surface area contributed by atoms with E-state index in [0.717, 1.165) is 0 Å². The molecule has 0 N–H and O–H groups in total. The lowest BCUT2D eigenvalue weighted by Gasteiger charge is -2.14. The van der Waals surface area contributed by atoms with Crippen LogP contribution in [-0.4, -0.2) is 0 Å². The lowest BCUT2D eigenvalue weighted by Crippen LogP contribution is -2.49. The summed E-state index contributed by atoms with van der Waals surface area (Å²) < 4.78 is 2.28. The second-order valence-corrected chi connectivity index (χ2v) is 5.11. The average Bonchev–Trinajstić information content (AvgIpc) is 2.16. The van der Waals surface area contributed by atoms with Gasteiger partial charge in [0.2, 0.25) is 0 Å². The van der Waals surface area contributed by atoms with Crippen LogP contribution >= 0.6 is 0 Å². The second-order valence-electron chi connectivity index (χ2n) is 5.11. The van der Waals surface area contributed by atoms with E-state index in [0.29, 0.717) is 0 Å². The molecule has 0 saturated carbocycles. The largest absolute Gasteiger partial charge is 0.200 e. The molecule has 0 atom stereocenters. The van der Waals surface area contributed by atoms with Crippen LogP contribution in [0.4, 0.5) is 0 Å². The Kier molecular flexibility index (Phi) is 2.26. The lowest BCUT2D eigenvalue weighted by molar-refractivity contribution is -0.753. The summed E-state index contributed by atoms with van der Waals surface area (Å²) in [7, 11) is 0. The van der Waals surface area contributed by atoms with Crippen molar-refractivity contribution in [3.05, 3.63) is 42.2 Å². The van der Waals surface area contributed by atoms with Crippen molar-refractivity contribution in [2.24, 2.45) is 0 Å². The second kappa shape index (κ2) is 3.34. The number of fused-ring (bicyclic) bond motifs is 1. The molecule has 2 aromatic rings. The summed E-state index contributed by atoms with van der Waals surface area (Å²) in [6, 6.07) is 8.54. The minimum absolute atomic E-state index is 0.148. The van der Waals surface area contributed by atoms with E-state index in [4.69, 9.17) is 0 Å². The first kappa shape index (κ1) is 10.2. The minimum Gasteiger partial charge on any atom is -0.200 e. The monoisotopic (exact) mass is 200 g/mol. The van der Waals surface area contributed by atoms with Gasteiger partial charge in [0.15, 0.2) is 17.9 Å². The topological polar surface area (TPSA) is 3.88 Å². The predicted molar refractivity (Wildman–Crippen MR) is 63.9 cm³/mol. The van der Waals surface area contributed by atoms with Crippen LogP contribution in [0.2, 0.25) is 0 Å². The molecular weight excluding hydrogens is 182 g/mol. The number of aryl methyl sites for hydroxylation is 1. The van der Waals surface area contributed by atoms with Crippen molar-refractivity contribution in [3.8, 4) is 0 Å². The zero-order valence-corrected chi connectivity index (χ0v) is 9.91. The molecule has 0 aliphatic rings. The summed E-state index contributed by atoms with van der Waals surface area (Å²) in [4.78, 5) is 0. The SMILES string of the molecule is Cc1c[n+](C(C)(C)C)cc2ccccc12. The molecule has 1 aromatic heterocycles. The Balaban J connectivity index is 2.73. The highest BCUT2D eigenvalue weighted by Crippen LogP contribution is 2.17. The van der Waals surface area contributed by atoms with Gasteiger partial charge in [-0.05, 0) is 18.4 Å². The molecule has 0 aliphatic carbocycles. The van der Waals surface area contributed by atoms with Crippen LogP contribution < -0.4 is 4.57 Å². The number of aromatic nitrogens is 1. The molecule has 1 nitrogen and oxygen atoms in total. The summed E-state index contributed by atoms with van der Waals surface area (Å²) in [6.45, 7) is 8.84. The van der Waals surface area contributed by atoms with Crippen LogP contribution in [0.5, 0.6) is 0 Å². The molecule has 0 bridgehead atoms. The van der Waals surface area contributed by atoms with Crippen LogP contribution in [0.3, 0.4) is 0 Å². The van der Waals surface area contributed by atoms with E-state index >= 15 is 0 Å². The third kappa shape index (κ3) is 1.87. The van der Waals surface area contributed by atoms with E-state index in [1.54, 1.807) is 0 Å². The zero-order valence-electron chi connectivity index (χ0n) is 9.91. The van der Waals surface area contributed by atoms with Gasteiger partial charge in [0.1, 0.15) is 0 Å². The minimum atomic E-state index is 0.148. The molecule has 1 heterocycles. The number of hydrogen-bond acceptors (Lipinski definition) is 0. The van der Waals surface area contributed by atoms with Gasteiger partial charge >= 0.3 is 0 Å². The van der Waals surface area contributed by atoms with Gasteiger partial charge in [0.25, 0.3) is 0 Å². The summed E-state index contributed by atoms with van der Waals surface area (Å²) in [6.07, 6.45) is 4.45. The maximum Gasteiger partial charge on any atom is 0.177 e. The van der Waals surface area contributed by atoms with Gasteiger partial charge in [0.05, 0.1) is 0 Å². The summed E-state index contributed by atoms with van der Waals surface area (Å²) in [5, 5.41) is 2.66. The molecule has 0 unspecified atom stereocenters. The smallest absolute Gasteiger partial charge is 0.177 e.